The summed E-state index contributed by atoms with van der Waals surface area (Å²) in [4.78, 5) is 18.4. The Hall–Kier alpha value is -2.09. The number of carbonyl (C=O) groups excluding carboxylic acids is 1. The molecular weight excluding hydrogens is 498 g/mol. The van der Waals surface area contributed by atoms with Gasteiger partial charge in [-0.25, -0.2) is 9.78 Å². The van der Waals surface area contributed by atoms with Crippen LogP contribution in [0.25, 0.3) is 0 Å². The molecule has 2 aliphatic rings. The summed E-state index contributed by atoms with van der Waals surface area (Å²) in [5, 5.41) is 11.7. The first-order chi connectivity index (χ1) is 15.2. The molecule has 4 rings (SSSR count). The van der Waals surface area contributed by atoms with Gasteiger partial charge in [0, 0.05) is 35.4 Å². The Labute approximate surface area is 192 Å². The third kappa shape index (κ3) is 3.84. The predicted molar refractivity (Wildman–Crippen MR) is 110 cm³/mol. The molecule has 14 heteroatoms. The van der Waals surface area contributed by atoms with Crippen molar-refractivity contribution in [3.63, 3.8) is 0 Å². The van der Waals surface area contributed by atoms with Crippen LogP contribution in [0.4, 0.5) is 42.0 Å². The van der Waals surface area contributed by atoms with E-state index in [1.807, 2.05) is 7.05 Å². The molecule has 1 fully saturated rings. The largest absolute Gasteiger partial charge is 0.431 e. The van der Waals surface area contributed by atoms with E-state index in [1.54, 1.807) is 18.2 Å². The standard InChI is InChI=1S/C19H17ClF6N4O2S/c1-29-5-4-16(8-29)9-30(12-3-2-10(20)6-11(12)16)15(31)28-14-27-7-13(33-14)17(32,18(21,22)23)19(24,25)26/h2-3,6-7,32H,4-5,8-9H2,1H3,(H,27,28,31). The maximum Gasteiger partial charge on any atom is 0.431 e. The van der Waals surface area contributed by atoms with Crippen LogP contribution in [-0.2, 0) is 11.0 Å². The number of benzene rings is 1. The molecule has 0 radical (unpaired) electrons. The highest BCUT2D eigenvalue weighted by atomic mass is 35.5. The van der Waals surface area contributed by atoms with E-state index < -0.39 is 39.4 Å². The minimum Gasteiger partial charge on any atom is -0.369 e. The summed E-state index contributed by atoms with van der Waals surface area (Å²) in [5.74, 6) is 0. The summed E-state index contributed by atoms with van der Waals surface area (Å²) < 4.78 is 78.6. The Bertz CT molecular complexity index is 1080. The van der Waals surface area contributed by atoms with Crippen LogP contribution in [0, 0.1) is 0 Å². The molecule has 1 aromatic carbocycles. The SMILES string of the molecule is CN1CCC2(C1)CN(C(=O)Nc1ncc(C(O)(C(F)(F)F)C(F)(F)F)s1)c1ccc(Cl)cc12. The third-order valence-corrected chi connectivity index (χ3v) is 7.22. The molecule has 180 valence electrons. The van der Waals surface area contributed by atoms with E-state index in [-0.39, 0.29) is 24.1 Å². The first-order valence-electron chi connectivity index (χ1n) is 9.57. The van der Waals surface area contributed by atoms with E-state index in [0.717, 1.165) is 18.5 Å². The lowest BCUT2D eigenvalue weighted by Crippen LogP contribution is -2.53. The van der Waals surface area contributed by atoms with E-state index in [0.29, 0.717) is 17.3 Å². The first kappa shape index (κ1) is 24.0. The molecule has 0 aliphatic carbocycles. The lowest BCUT2D eigenvalue weighted by molar-refractivity contribution is -0.375. The van der Waals surface area contributed by atoms with E-state index in [4.69, 9.17) is 11.6 Å². The first-order valence-corrected chi connectivity index (χ1v) is 10.8. The number of fused-ring (bicyclic) bond motifs is 2. The minimum atomic E-state index is -6.03. The second-order valence-electron chi connectivity index (χ2n) is 8.18. The number of alkyl halides is 6. The number of hydrogen-bond donors (Lipinski definition) is 2. The smallest absolute Gasteiger partial charge is 0.369 e. The van der Waals surface area contributed by atoms with Gasteiger partial charge < -0.3 is 10.0 Å². The van der Waals surface area contributed by atoms with E-state index in [2.05, 4.69) is 15.2 Å². The van der Waals surface area contributed by atoms with Crippen molar-refractivity contribution in [1.29, 1.82) is 0 Å². The van der Waals surface area contributed by atoms with Gasteiger partial charge in [-0.1, -0.05) is 22.9 Å². The van der Waals surface area contributed by atoms with Gasteiger partial charge in [-0.3, -0.25) is 10.2 Å². The highest BCUT2D eigenvalue weighted by molar-refractivity contribution is 7.15. The van der Waals surface area contributed by atoms with Crippen LogP contribution >= 0.6 is 22.9 Å². The molecule has 1 saturated heterocycles. The number of aromatic nitrogens is 1. The fourth-order valence-corrected chi connectivity index (χ4v) is 5.46. The molecule has 1 spiro atoms. The third-order valence-electron chi connectivity index (χ3n) is 5.97. The van der Waals surface area contributed by atoms with Crippen LogP contribution in [0.3, 0.4) is 0 Å². The van der Waals surface area contributed by atoms with Gasteiger partial charge in [0.25, 0.3) is 5.60 Å². The van der Waals surface area contributed by atoms with E-state index >= 15 is 0 Å². The zero-order valence-corrected chi connectivity index (χ0v) is 18.5. The van der Waals surface area contributed by atoms with Crippen LogP contribution in [0.1, 0.15) is 16.9 Å². The average molecular weight is 515 g/mol. The Morgan fingerprint density at radius 2 is 1.88 bits per heavy atom. The van der Waals surface area contributed by atoms with Gasteiger partial charge in [-0.2, -0.15) is 26.3 Å². The van der Waals surface area contributed by atoms with Crippen LogP contribution in [-0.4, -0.2) is 60.1 Å². The molecule has 0 bridgehead atoms. The second-order valence-corrected chi connectivity index (χ2v) is 9.65. The zero-order valence-electron chi connectivity index (χ0n) is 16.9. The number of rotatable bonds is 2. The molecule has 3 heterocycles. The maximum absolute atomic E-state index is 13.1. The predicted octanol–water partition coefficient (Wildman–Crippen LogP) is 4.73. The molecule has 0 saturated carbocycles. The topological polar surface area (TPSA) is 68.7 Å². The number of hydrogen-bond acceptors (Lipinski definition) is 5. The number of likely N-dealkylation sites (N-methyl/N-ethyl adjacent to an activating group) is 1. The van der Waals surface area contributed by atoms with Gasteiger partial charge in [0.05, 0.1) is 4.88 Å². The molecule has 1 atom stereocenters. The lowest BCUT2D eigenvalue weighted by atomic mass is 9.81. The molecule has 33 heavy (non-hydrogen) atoms. The maximum atomic E-state index is 13.1. The number of halogens is 7. The van der Waals surface area contributed by atoms with Crippen molar-refractivity contribution in [2.45, 2.75) is 29.8 Å². The van der Waals surface area contributed by atoms with E-state index in [9.17, 15) is 36.2 Å². The molecule has 2 aliphatic heterocycles. The average Bonchev–Trinajstić information content (AvgIpc) is 3.38. The zero-order chi connectivity index (χ0) is 24.4. The lowest BCUT2D eigenvalue weighted by Gasteiger charge is -2.30. The molecule has 6 nitrogen and oxygen atoms in total. The van der Waals surface area contributed by atoms with Crippen molar-refractivity contribution < 1.29 is 36.2 Å². The Morgan fingerprint density at radius 3 is 2.45 bits per heavy atom. The molecule has 2 amide bonds. The fourth-order valence-electron chi connectivity index (χ4n) is 4.35. The second kappa shape index (κ2) is 7.72. The number of anilines is 2. The number of nitrogens with one attached hydrogen (secondary N) is 1. The van der Waals surface area contributed by atoms with Crippen LogP contribution in [0.15, 0.2) is 24.4 Å². The van der Waals surface area contributed by atoms with Crippen molar-refractivity contribution in [1.82, 2.24) is 9.88 Å². The van der Waals surface area contributed by atoms with Gasteiger partial charge in [0.15, 0.2) is 5.13 Å². The summed E-state index contributed by atoms with van der Waals surface area (Å²) in [6.07, 6.45) is -11.1. The quantitative estimate of drug-likeness (QED) is 0.568. The number of thiazole rings is 1. The van der Waals surface area contributed by atoms with Crippen LogP contribution < -0.4 is 10.2 Å². The van der Waals surface area contributed by atoms with Crippen molar-refractivity contribution in [2.75, 3.05) is 36.9 Å². The number of nitrogens with zero attached hydrogens (tertiary/aromatic N) is 3. The Morgan fingerprint density at radius 1 is 1.21 bits per heavy atom. The summed E-state index contributed by atoms with van der Waals surface area (Å²) in [6, 6.07) is 4.22. The van der Waals surface area contributed by atoms with Gasteiger partial charge in [-0.05, 0) is 43.8 Å². The van der Waals surface area contributed by atoms with E-state index in [1.165, 1.54) is 4.90 Å². The number of aliphatic hydroxyl groups is 1. The molecular formula is C19H17ClF6N4O2S. The minimum absolute atomic E-state index is 0.100. The van der Waals surface area contributed by atoms with Gasteiger partial charge in [0.1, 0.15) is 0 Å². The summed E-state index contributed by atoms with van der Waals surface area (Å²) in [6.45, 7) is 1.69. The Kier molecular flexibility index (Phi) is 5.62. The van der Waals surface area contributed by atoms with Crippen molar-refractivity contribution in [2.24, 2.45) is 0 Å². The summed E-state index contributed by atoms with van der Waals surface area (Å²) in [7, 11) is 1.93. The molecule has 1 unspecified atom stereocenters. The highest BCUT2D eigenvalue weighted by Crippen LogP contribution is 2.52. The Balaban J connectivity index is 1.61. The number of likely N-dealkylation sites (tertiary alicyclic amines) is 1. The van der Waals surface area contributed by atoms with Crippen molar-refractivity contribution in [3.05, 3.63) is 39.9 Å². The van der Waals surface area contributed by atoms with Gasteiger partial charge >= 0.3 is 18.4 Å². The number of carbonyl (C=O) groups is 1. The van der Waals surface area contributed by atoms with Gasteiger partial charge in [0.2, 0.25) is 0 Å². The number of urea groups is 1. The normalized spacial score (nSPS) is 21.7. The van der Waals surface area contributed by atoms with Crippen molar-refractivity contribution >= 4 is 39.8 Å². The summed E-state index contributed by atoms with van der Waals surface area (Å²) >= 11 is 6.05. The summed E-state index contributed by atoms with van der Waals surface area (Å²) in [5.41, 5.74) is -4.10. The fraction of sp³-hybridized carbons (Fsp3) is 0.474. The molecule has 2 aromatic rings. The highest BCUT2D eigenvalue weighted by Gasteiger charge is 2.72. The molecule has 2 N–H and O–H groups in total. The van der Waals surface area contributed by atoms with Crippen LogP contribution in [0.5, 0.6) is 0 Å². The van der Waals surface area contributed by atoms with Crippen LogP contribution in [0.2, 0.25) is 5.02 Å². The monoisotopic (exact) mass is 514 g/mol. The number of amides is 2. The van der Waals surface area contributed by atoms with Gasteiger partial charge in [-0.15, -0.1) is 0 Å². The van der Waals surface area contributed by atoms with Crippen molar-refractivity contribution in [3.8, 4) is 0 Å². The molecule has 1 aromatic heterocycles.